The van der Waals surface area contributed by atoms with Crippen LogP contribution in [0.1, 0.15) is 70.6 Å². The predicted molar refractivity (Wildman–Crippen MR) is 88.9 cm³/mol. The van der Waals surface area contributed by atoms with Crippen molar-refractivity contribution < 1.29 is 4.79 Å². The number of carbonyl (C=O) groups is 1. The van der Waals surface area contributed by atoms with Gasteiger partial charge in [-0.3, -0.25) is 4.79 Å². The molecule has 3 aliphatic rings. The van der Waals surface area contributed by atoms with Gasteiger partial charge in [0.15, 0.2) is 0 Å². The first-order valence-electron chi connectivity index (χ1n) is 8.73. The van der Waals surface area contributed by atoms with Gasteiger partial charge in [0.05, 0.1) is 10.5 Å². The second-order valence-electron chi connectivity index (χ2n) is 7.48. The first-order valence-corrected chi connectivity index (χ1v) is 9.13. The monoisotopic (exact) mass is 308 g/mol. The topological polar surface area (TPSA) is 55.1 Å². The molecule has 118 valence electrons. The van der Waals surface area contributed by atoms with Crippen LogP contribution in [0.15, 0.2) is 0 Å². The summed E-state index contributed by atoms with van der Waals surface area (Å²) in [5.74, 6) is 1.87. The molecule has 0 aromatic carbocycles. The zero-order chi connectivity index (χ0) is 14.9. The van der Waals surface area contributed by atoms with E-state index in [9.17, 15) is 4.79 Å². The molecule has 0 aliphatic heterocycles. The van der Waals surface area contributed by atoms with E-state index in [-0.39, 0.29) is 11.8 Å². The molecule has 0 heterocycles. The van der Waals surface area contributed by atoms with Crippen LogP contribution in [0, 0.1) is 17.8 Å². The van der Waals surface area contributed by atoms with Crippen molar-refractivity contribution >= 4 is 23.1 Å². The number of fused-ring (bicyclic) bond motifs is 2. The lowest BCUT2D eigenvalue weighted by molar-refractivity contribution is -0.128. The fourth-order valence-corrected chi connectivity index (χ4v) is 5.09. The Hall–Kier alpha value is -0.640. The van der Waals surface area contributed by atoms with Crippen LogP contribution in [-0.4, -0.2) is 16.4 Å². The van der Waals surface area contributed by atoms with E-state index < -0.39 is 5.54 Å². The van der Waals surface area contributed by atoms with Gasteiger partial charge >= 0.3 is 0 Å². The summed E-state index contributed by atoms with van der Waals surface area (Å²) in [4.78, 5) is 13.3. The number of nitrogens with one attached hydrogen (secondary N) is 1. The van der Waals surface area contributed by atoms with E-state index >= 15 is 0 Å². The number of thiocarbonyl (C=S) groups is 1. The molecular weight excluding hydrogens is 280 g/mol. The molecule has 21 heavy (non-hydrogen) atoms. The smallest absolute Gasteiger partial charge is 0.224 e. The van der Waals surface area contributed by atoms with Gasteiger partial charge in [-0.25, -0.2) is 0 Å². The normalized spacial score (nSPS) is 35.0. The number of hydrogen-bond donors (Lipinski definition) is 2. The van der Waals surface area contributed by atoms with E-state index in [1.165, 1.54) is 38.5 Å². The summed E-state index contributed by atoms with van der Waals surface area (Å²) in [6, 6.07) is 0. The van der Waals surface area contributed by atoms with Gasteiger partial charge in [-0.05, 0) is 43.9 Å². The SMILES string of the molecule is NC(=S)C1(NC(=O)C2CC3CCC2C3)CCCCCCC1. The van der Waals surface area contributed by atoms with Crippen LogP contribution in [0.4, 0.5) is 0 Å². The van der Waals surface area contributed by atoms with Crippen molar-refractivity contribution in [2.75, 3.05) is 0 Å². The average molecular weight is 308 g/mol. The molecule has 1 amide bonds. The highest BCUT2D eigenvalue weighted by atomic mass is 32.1. The number of nitrogens with two attached hydrogens (primary N) is 1. The molecule has 0 saturated heterocycles. The third-order valence-corrected chi connectivity index (χ3v) is 6.51. The summed E-state index contributed by atoms with van der Waals surface area (Å²) in [7, 11) is 0. The van der Waals surface area contributed by atoms with E-state index in [1.807, 2.05) is 0 Å². The number of rotatable bonds is 3. The van der Waals surface area contributed by atoms with Gasteiger partial charge in [-0.1, -0.05) is 50.7 Å². The lowest BCUT2D eigenvalue weighted by Crippen LogP contribution is -2.58. The van der Waals surface area contributed by atoms with Crippen LogP contribution in [0.25, 0.3) is 0 Å². The third kappa shape index (κ3) is 3.10. The molecule has 2 bridgehead atoms. The largest absolute Gasteiger partial charge is 0.391 e. The molecule has 3 rings (SSSR count). The molecule has 3 atom stereocenters. The summed E-state index contributed by atoms with van der Waals surface area (Å²) < 4.78 is 0. The zero-order valence-corrected chi connectivity index (χ0v) is 13.7. The Morgan fingerprint density at radius 2 is 1.71 bits per heavy atom. The Balaban J connectivity index is 1.69. The van der Waals surface area contributed by atoms with Crippen LogP contribution in [0.3, 0.4) is 0 Å². The maximum atomic E-state index is 12.8. The van der Waals surface area contributed by atoms with Crippen LogP contribution in [0.5, 0.6) is 0 Å². The highest BCUT2D eigenvalue weighted by Crippen LogP contribution is 2.48. The maximum absolute atomic E-state index is 12.8. The van der Waals surface area contributed by atoms with E-state index in [1.54, 1.807) is 0 Å². The van der Waals surface area contributed by atoms with Crippen molar-refractivity contribution in [1.29, 1.82) is 0 Å². The quantitative estimate of drug-likeness (QED) is 0.787. The first kappa shape index (κ1) is 15.3. The Morgan fingerprint density at radius 1 is 1.05 bits per heavy atom. The summed E-state index contributed by atoms with van der Waals surface area (Å²) in [6.07, 6.45) is 12.8. The molecular formula is C17H28N2OS. The van der Waals surface area contributed by atoms with Gasteiger partial charge in [-0.15, -0.1) is 0 Å². The molecule has 3 aliphatic carbocycles. The molecule has 3 nitrogen and oxygen atoms in total. The molecule has 3 saturated carbocycles. The third-order valence-electron chi connectivity index (χ3n) is 6.12. The minimum atomic E-state index is -0.408. The van der Waals surface area contributed by atoms with Crippen molar-refractivity contribution in [1.82, 2.24) is 5.32 Å². The Labute approximate surface area is 133 Å². The second kappa shape index (κ2) is 6.23. The number of hydrogen-bond acceptors (Lipinski definition) is 2. The molecule has 3 unspecified atom stereocenters. The molecule has 0 radical (unpaired) electrons. The maximum Gasteiger partial charge on any atom is 0.224 e. The molecule has 0 spiro atoms. The predicted octanol–water partition coefficient (Wildman–Crippen LogP) is 3.31. The average Bonchev–Trinajstić information content (AvgIpc) is 3.04. The van der Waals surface area contributed by atoms with Gasteiger partial charge in [0.25, 0.3) is 0 Å². The highest BCUT2D eigenvalue weighted by Gasteiger charge is 2.45. The fraction of sp³-hybridized carbons (Fsp3) is 0.882. The highest BCUT2D eigenvalue weighted by molar-refractivity contribution is 7.80. The van der Waals surface area contributed by atoms with E-state index in [0.717, 1.165) is 38.0 Å². The summed E-state index contributed by atoms with van der Waals surface area (Å²) in [6.45, 7) is 0. The molecule has 0 aromatic rings. The van der Waals surface area contributed by atoms with Crippen LogP contribution in [-0.2, 0) is 4.79 Å². The number of amides is 1. The Morgan fingerprint density at radius 3 is 2.24 bits per heavy atom. The second-order valence-corrected chi connectivity index (χ2v) is 7.92. The minimum Gasteiger partial charge on any atom is -0.391 e. The van der Waals surface area contributed by atoms with Crippen molar-refractivity contribution in [3.8, 4) is 0 Å². The minimum absolute atomic E-state index is 0.223. The van der Waals surface area contributed by atoms with Crippen LogP contribution >= 0.6 is 12.2 Å². The van der Waals surface area contributed by atoms with Gasteiger partial charge in [0.2, 0.25) is 5.91 Å². The lowest BCUT2D eigenvalue weighted by Gasteiger charge is -2.37. The van der Waals surface area contributed by atoms with Gasteiger partial charge in [0, 0.05) is 5.92 Å². The van der Waals surface area contributed by atoms with Gasteiger partial charge in [0.1, 0.15) is 0 Å². The number of carbonyl (C=O) groups excluding carboxylic acids is 1. The van der Waals surface area contributed by atoms with E-state index in [0.29, 0.717) is 10.9 Å². The summed E-state index contributed by atoms with van der Waals surface area (Å²) in [5.41, 5.74) is 5.65. The van der Waals surface area contributed by atoms with Crippen molar-refractivity contribution in [2.24, 2.45) is 23.5 Å². The van der Waals surface area contributed by atoms with Crippen molar-refractivity contribution in [3.05, 3.63) is 0 Å². The summed E-state index contributed by atoms with van der Waals surface area (Å²) in [5, 5.41) is 3.32. The Kier molecular flexibility index (Phi) is 4.53. The lowest BCUT2D eigenvalue weighted by atomic mass is 9.82. The van der Waals surface area contributed by atoms with Gasteiger partial charge < -0.3 is 11.1 Å². The standard InChI is InChI=1S/C17H28N2OS/c18-16(21)17(8-4-2-1-3-5-9-17)19-15(20)14-11-12-6-7-13(14)10-12/h12-14H,1-11H2,(H2,18,21)(H,19,20). The van der Waals surface area contributed by atoms with E-state index in [2.05, 4.69) is 5.32 Å². The zero-order valence-electron chi connectivity index (χ0n) is 12.9. The van der Waals surface area contributed by atoms with E-state index in [4.69, 9.17) is 18.0 Å². The first-order chi connectivity index (χ1) is 10.1. The fourth-order valence-electron chi connectivity index (χ4n) is 4.84. The molecule has 3 N–H and O–H groups in total. The molecule has 0 aromatic heterocycles. The molecule has 4 heteroatoms. The van der Waals surface area contributed by atoms with Crippen LogP contribution < -0.4 is 11.1 Å². The Bertz CT molecular complexity index is 415. The van der Waals surface area contributed by atoms with Crippen molar-refractivity contribution in [3.63, 3.8) is 0 Å². The van der Waals surface area contributed by atoms with Gasteiger partial charge in [-0.2, -0.15) is 0 Å². The summed E-state index contributed by atoms with van der Waals surface area (Å²) >= 11 is 5.35. The van der Waals surface area contributed by atoms with Crippen molar-refractivity contribution in [2.45, 2.75) is 76.2 Å². The molecule has 3 fully saturated rings. The van der Waals surface area contributed by atoms with Crippen LogP contribution in [0.2, 0.25) is 0 Å².